The Balaban J connectivity index is 2.38. The molecule has 2 aromatic rings. The van der Waals surface area contributed by atoms with Crippen molar-refractivity contribution < 1.29 is 4.42 Å². The van der Waals surface area contributed by atoms with Gasteiger partial charge in [-0.05, 0) is 23.1 Å². The molecule has 0 amide bonds. The Kier molecular flexibility index (Phi) is 3.30. The van der Waals surface area contributed by atoms with E-state index in [0.29, 0.717) is 11.8 Å². The SMILES string of the molecule is CNc1oc(-c2ccc(C(C)(C)C)cc2)nc1C#N. The summed E-state index contributed by atoms with van der Waals surface area (Å²) in [4.78, 5) is 4.17. The molecule has 1 aromatic heterocycles. The summed E-state index contributed by atoms with van der Waals surface area (Å²) in [6, 6.07) is 10.1. The molecule has 0 aliphatic carbocycles. The molecule has 4 heteroatoms. The number of oxazole rings is 1. The highest BCUT2D eigenvalue weighted by Crippen LogP contribution is 2.28. The highest BCUT2D eigenvalue weighted by atomic mass is 16.4. The average Bonchev–Trinajstić information content (AvgIpc) is 2.81. The Bertz CT molecular complexity index is 612. The van der Waals surface area contributed by atoms with Gasteiger partial charge >= 0.3 is 0 Å². The molecule has 1 N–H and O–H groups in total. The van der Waals surface area contributed by atoms with Gasteiger partial charge in [-0.15, -0.1) is 0 Å². The van der Waals surface area contributed by atoms with Crippen molar-refractivity contribution in [3.8, 4) is 17.5 Å². The van der Waals surface area contributed by atoms with Crippen LogP contribution in [-0.4, -0.2) is 12.0 Å². The molecule has 0 saturated heterocycles. The van der Waals surface area contributed by atoms with Crippen LogP contribution in [0.15, 0.2) is 28.7 Å². The number of hydrogen-bond acceptors (Lipinski definition) is 4. The third kappa shape index (κ3) is 2.60. The van der Waals surface area contributed by atoms with Gasteiger partial charge in [0.2, 0.25) is 17.5 Å². The molecule has 4 nitrogen and oxygen atoms in total. The lowest BCUT2D eigenvalue weighted by atomic mass is 9.87. The molecule has 1 aromatic carbocycles. The molecule has 19 heavy (non-hydrogen) atoms. The van der Waals surface area contributed by atoms with E-state index in [1.54, 1.807) is 7.05 Å². The number of anilines is 1. The van der Waals surface area contributed by atoms with Gasteiger partial charge in [0.25, 0.3) is 0 Å². The predicted octanol–water partition coefficient (Wildman–Crippen LogP) is 3.55. The third-order valence-corrected chi connectivity index (χ3v) is 2.96. The molecule has 0 saturated carbocycles. The molecule has 98 valence electrons. The summed E-state index contributed by atoms with van der Waals surface area (Å²) >= 11 is 0. The predicted molar refractivity (Wildman–Crippen MR) is 74.9 cm³/mol. The van der Waals surface area contributed by atoms with Gasteiger partial charge < -0.3 is 9.73 Å². The number of nitrogens with zero attached hydrogens (tertiary/aromatic N) is 2. The largest absolute Gasteiger partial charge is 0.419 e. The minimum absolute atomic E-state index is 0.114. The first-order valence-electron chi connectivity index (χ1n) is 6.15. The summed E-state index contributed by atoms with van der Waals surface area (Å²) in [5.41, 5.74) is 2.50. The Hall–Kier alpha value is -2.28. The topological polar surface area (TPSA) is 61.9 Å². The molecule has 1 heterocycles. The quantitative estimate of drug-likeness (QED) is 0.891. The average molecular weight is 255 g/mol. The van der Waals surface area contributed by atoms with Crippen LogP contribution in [0, 0.1) is 11.3 Å². The molecular weight excluding hydrogens is 238 g/mol. The van der Waals surface area contributed by atoms with Crippen LogP contribution in [0.3, 0.4) is 0 Å². The zero-order valence-corrected chi connectivity index (χ0v) is 11.6. The number of benzene rings is 1. The monoisotopic (exact) mass is 255 g/mol. The minimum atomic E-state index is 0.114. The molecule has 2 rings (SSSR count). The summed E-state index contributed by atoms with van der Waals surface area (Å²) in [7, 11) is 1.70. The Morgan fingerprint density at radius 1 is 1.21 bits per heavy atom. The summed E-state index contributed by atoms with van der Waals surface area (Å²) in [5, 5.41) is 11.8. The van der Waals surface area contributed by atoms with Crippen molar-refractivity contribution in [2.75, 3.05) is 12.4 Å². The number of rotatable bonds is 2. The van der Waals surface area contributed by atoms with Gasteiger partial charge in [-0.1, -0.05) is 32.9 Å². The van der Waals surface area contributed by atoms with Crippen LogP contribution in [0.2, 0.25) is 0 Å². The highest BCUT2D eigenvalue weighted by molar-refractivity contribution is 5.59. The summed E-state index contributed by atoms with van der Waals surface area (Å²) in [6.07, 6.45) is 0. The maximum absolute atomic E-state index is 8.95. The van der Waals surface area contributed by atoms with Crippen LogP contribution < -0.4 is 5.32 Å². The molecule has 0 spiro atoms. The van der Waals surface area contributed by atoms with Crippen molar-refractivity contribution in [1.29, 1.82) is 5.26 Å². The highest BCUT2D eigenvalue weighted by Gasteiger charge is 2.16. The molecule has 0 fully saturated rings. The molecule has 0 radical (unpaired) electrons. The molecule has 0 atom stereocenters. The van der Waals surface area contributed by atoms with Crippen molar-refractivity contribution in [3.63, 3.8) is 0 Å². The first-order valence-corrected chi connectivity index (χ1v) is 6.15. The van der Waals surface area contributed by atoms with E-state index in [-0.39, 0.29) is 11.1 Å². The van der Waals surface area contributed by atoms with E-state index in [1.165, 1.54) is 5.56 Å². The van der Waals surface area contributed by atoms with Gasteiger partial charge in [0.1, 0.15) is 6.07 Å². The van der Waals surface area contributed by atoms with Crippen LogP contribution in [0.25, 0.3) is 11.5 Å². The molecule has 0 aliphatic rings. The summed E-state index contributed by atoms with van der Waals surface area (Å²) in [5.74, 6) is 0.860. The number of nitrogens with one attached hydrogen (secondary N) is 1. The van der Waals surface area contributed by atoms with E-state index < -0.39 is 0 Å². The van der Waals surface area contributed by atoms with Crippen molar-refractivity contribution in [2.45, 2.75) is 26.2 Å². The fraction of sp³-hybridized carbons (Fsp3) is 0.333. The minimum Gasteiger partial charge on any atom is -0.419 e. The summed E-state index contributed by atoms with van der Waals surface area (Å²) in [6.45, 7) is 6.50. The second kappa shape index (κ2) is 4.77. The van der Waals surface area contributed by atoms with E-state index in [1.807, 2.05) is 18.2 Å². The van der Waals surface area contributed by atoms with Crippen LogP contribution in [0.1, 0.15) is 32.0 Å². The lowest BCUT2D eigenvalue weighted by Gasteiger charge is -2.18. The van der Waals surface area contributed by atoms with Gasteiger partial charge in [-0.25, -0.2) is 0 Å². The van der Waals surface area contributed by atoms with E-state index in [9.17, 15) is 0 Å². The van der Waals surface area contributed by atoms with Crippen LogP contribution in [0.4, 0.5) is 5.88 Å². The van der Waals surface area contributed by atoms with Crippen molar-refractivity contribution in [2.24, 2.45) is 0 Å². The fourth-order valence-electron chi connectivity index (χ4n) is 1.80. The maximum atomic E-state index is 8.95. The number of hydrogen-bond donors (Lipinski definition) is 1. The fourth-order valence-corrected chi connectivity index (χ4v) is 1.80. The Morgan fingerprint density at radius 2 is 1.84 bits per heavy atom. The standard InChI is InChI=1S/C15H17N3O/c1-15(2,3)11-7-5-10(6-8-11)13-18-12(9-16)14(17-4)19-13/h5-8,17H,1-4H3. The lowest BCUT2D eigenvalue weighted by Crippen LogP contribution is -2.10. The van der Waals surface area contributed by atoms with Gasteiger partial charge in [-0.3, -0.25) is 0 Å². The van der Waals surface area contributed by atoms with Crippen LogP contribution in [0.5, 0.6) is 0 Å². The smallest absolute Gasteiger partial charge is 0.232 e. The zero-order valence-electron chi connectivity index (χ0n) is 11.6. The van der Waals surface area contributed by atoms with Crippen molar-refractivity contribution in [1.82, 2.24) is 4.98 Å². The van der Waals surface area contributed by atoms with Gasteiger partial charge in [-0.2, -0.15) is 10.2 Å². The van der Waals surface area contributed by atoms with Gasteiger partial charge in [0.15, 0.2) is 0 Å². The first-order chi connectivity index (χ1) is 8.95. The molecular formula is C15H17N3O. The second-order valence-electron chi connectivity index (χ2n) is 5.39. The van der Waals surface area contributed by atoms with E-state index in [0.717, 1.165) is 5.56 Å². The molecule has 0 unspecified atom stereocenters. The molecule has 0 bridgehead atoms. The number of aromatic nitrogens is 1. The van der Waals surface area contributed by atoms with Crippen molar-refractivity contribution in [3.05, 3.63) is 35.5 Å². The van der Waals surface area contributed by atoms with Gasteiger partial charge in [0, 0.05) is 12.6 Å². The second-order valence-corrected chi connectivity index (χ2v) is 5.39. The third-order valence-electron chi connectivity index (χ3n) is 2.96. The molecule has 0 aliphatic heterocycles. The van der Waals surface area contributed by atoms with E-state index in [2.05, 4.69) is 43.2 Å². The first kappa shape index (κ1) is 13.2. The van der Waals surface area contributed by atoms with Crippen molar-refractivity contribution >= 4 is 5.88 Å². The van der Waals surface area contributed by atoms with Crippen LogP contribution >= 0.6 is 0 Å². The summed E-state index contributed by atoms with van der Waals surface area (Å²) < 4.78 is 5.52. The number of nitriles is 1. The maximum Gasteiger partial charge on any atom is 0.232 e. The van der Waals surface area contributed by atoms with Crippen LogP contribution in [-0.2, 0) is 5.41 Å². The Morgan fingerprint density at radius 3 is 2.26 bits per heavy atom. The van der Waals surface area contributed by atoms with E-state index in [4.69, 9.17) is 9.68 Å². The zero-order chi connectivity index (χ0) is 14.0. The van der Waals surface area contributed by atoms with Gasteiger partial charge in [0.05, 0.1) is 0 Å². The Labute approximate surface area is 113 Å². The normalized spacial score (nSPS) is 11.1. The lowest BCUT2D eigenvalue weighted by molar-refractivity contribution is 0.585. The van der Waals surface area contributed by atoms with E-state index >= 15 is 0 Å².